The Bertz CT molecular complexity index is 844. The standard InChI is InChI=1S/C21H31N5O3/c1-6-16(24-19(29)20(3,4)22)18(28)25-17-12-26(13-23-17)21(5,14(2)27)15-10-8-7-9-11-15/h7-13,16,19,24,29H,6,22H2,1-5H3,(H,25,28)/t16-,19+,21?/m0/s1. The van der Waals surface area contributed by atoms with E-state index < -0.39 is 23.3 Å². The van der Waals surface area contributed by atoms with Gasteiger partial charge in [-0.1, -0.05) is 37.3 Å². The fourth-order valence-electron chi connectivity index (χ4n) is 2.93. The molecule has 1 unspecified atom stereocenters. The first-order valence-corrected chi connectivity index (χ1v) is 9.65. The second kappa shape index (κ2) is 8.86. The van der Waals surface area contributed by atoms with Gasteiger partial charge in [-0.05, 0) is 39.7 Å². The predicted molar refractivity (Wildman–Crippen MR) is 112 cm³/mol. The lowest BCUT2D eigenvalue weighted by Gasteiger charge is -2.30. The summed E-state index contributed by atoms with van der Waals surface area (Å²) < 4.78 is 1.69. The van der Waals surface area contributed by atoms with Gasteiger partial charge in [0, 0.05) is 11.7 Å². The smallest absolute Gasteiger partial charge is 0.242 e. The number of imidazole rings is 1. The Morgan fingerprint density at radius 2 is 1.86 bits per heavy atom. The number of nitrogens with zero attached hydrogens (tertiary/aromatic N) is 2. The molecule has 5 N–H and O–H groups in total. The lowest BCUT2D eigenvalue weighted by Crippen LogP contribution is -2.57. The van der Waals surface area contributed by atoms with Crippen LogP contribution < -0.4 is 16.4 Å². The largest absolute Gasteiger partial charge is 0.377 e. The molecule has 0 radical (unpaired) electrons. The van der Waals surface area contributed by atoms with Crippen molar-refractivity contribution < 1.29 is 14.7 Å². The zero-order chi connectivity index (χ0) is 21.8. The van der Waals surface area contributed by atoms with E-state index in [1.165, 1.54) is 13.3 Å². The number of amides is 1. The molecule has 1 amide bonds. The summed E-state index contributed by atoms with van der Waals surface area (Å²) in [7, 11) is 0. The van der Waals surface area contributed by atoms with Crippen LogP contribution in [-0.2, 0) is 15.1 Å². The molecule has 8 nitrogen and oxygen atoms in total. The van der Waals surface area contributed by atoms with E-state index in [1.807, 2.05) is 44.2 Å². The molecule has 0 fully saturated rings. The highest BCUT2D eigenvalue weighted by Gasteiger charge is 2.34. The van der Waals surface area contributed by atoms with Crippen molar-refractivity contribution in [3.05, 3.63) is 48.4 Å². The molecule has 1 heterocycles. The van der Waals surface area contributed by atoms with Crippen LogP contribution in [0.25, 0.3) is 0 Å². The van der Waals surface area contributed by atoms with Crippen molar-refractivity contribution in [3.8, 4) is 0 Å². The van der Waals surface area contributed by atoms with Gasteiger partial charge in [0.1, 0.15) is 11.8 Å². The summed E-state index contributed by atoms with van der Waals surface area (Å²) in [4.78, 5) is 29.3. The first-order chi connectivity index (χ1) is 13.5. The summed E-state index contributed by atoms with van der Waals surface area (Å²) in [6.07, 6.45) is 2.56. The first-order valence-electron chi connectivity index (χ1n) is 9.65. The Kier molecular flexibility index (Phi) is 6.94. The van der Waals surface area contributed by atoms with Gasteiger partial charge in [-0.2, -0.15) is 0 Å². The molecule has 158 valence electrons. The molecule has 1 aromatic heterocycles. The maximum absolute atomic E-state index is 12.6. The zero-order valence-corrected chi connectivity index (χ0v) is 17.6. The summed E-state index contributed by atoms with van der Waals surface area (Å²) in [6, 6.07) is 8.75. The number of Topliss-reactive ketones (excluding diaryl/α,β-unsaturated/α-hetero) is 1. The highest BCUT2D eigenvalue weighted by molar-refractivity contribution is 5.94. The minimum Gasteiger partial charge on any atom is -0.377 e. The molecule has 1 aromatic carbocycles. The maximum atomic E-state index is 12.6. The first kappa shape index (κ1) is 22.7. The number of rotatable bonds is 9. The molecule has 8 heteroatoms. The molecule has 0 bridgehead atoms. The van der Waals surface area contributed by atoms with E-state index in [2.05, 4.69) is 15.6 Å². The molecule has 0 spiro atoms. The van der Waals surface area contributed by atoms with Crippen LogP contribution in [0.5, 0.6) is 0 Å². The van der Waals surface area contributed by atoms with Crippen molar-refractivity contribution in [2.45, 2.75) is 64.4 Å². The number of hydrogen-bond donors (Lipinski definition) is 4. The predicted octanol–water partition coefficient (Wildman–Crippen LogP) is 1.60. The van der Waals surface area contributed by atoms with Gasteiger partial charge in [-0.15, -0.1) is 0 Å². The van der Waals surface area contributed by atoms with Crippen LogP contribution in [0.1, 0.15) is 46.6 Å². The van der Waals surface area contributed by atoms with E-state index in [0.717, 1.165) is 5.56 Å². The zero-order valence-electron chi connectivity index (χ0n) is 17.6. The summed E-state index contributed by atoms with van der Waals surface area (Å²) in [5.74, 6) is -0.0779. The number of carbonyl (C=O) groups is 2. The van der Waals surface area contributed by atoms with Gasteiger partial charge in [0.2, 0.25) is 5.91 Å². The van der Waals surface area contributed by atoms with E-state index in [-0.39, 0.29) is 11.7 Å². The van der Waals surface area contributed by atoms with E-state index in [4.69, 9.17) is 5.73 Å². The molecular weight excluding hydrogens is 370 g/mol. The quantitative estimate of drug-likeness (QED) is 0.474. The monoisotopic (exact) mass is 401 g/mol. The number of anilines is 1. The fourth-order valence-corrected chi connectivity index (χ4v) is 2.93. The number of ketones is 1. The van der Waals surface area contributed by atoms with Crippen LogP contribution in [0.15, 0.2) is 42.9 Å². The number of nitrogens with one attached hydrogen (secondary N) is 2. The van der Waals surface area contributed by atoms with Gasteiger partial charge in [0.25, 0.3) is 0 Å². The molecule has 29 heavy (non-hydrogen) atoms. The van der Waals surface area contributed by atoms with Crippen molar-refractivity contribution in [2.24, 2.45) is 5.73 Å². The van der Waals surface area contributed by atoms with Crippen LogP contribution in [0, 0.1) is 0 Å². The van der Waals surface area contributed by atoms with E-state index in [0.29, 0.717) is 12.2 Å². The van der Waals surface area contributed by atoms with E-state index in [9.17, 15) is 14.7 Å². The van der Waals surface area contributed by atoms with Crippen LogP contribution in [0.4, 0.5) is 5.82 Å². The lowest BCUT2D eigenvalue weighted by atomic mass is 9.88. The molecule has 3 atom stereocenters. The van der Waals surface area contributed by atoms with Crippen molar-refractivity contribution in [1.82, 2.24) is 14.9 Å². The third kappa shape index (κ3) is 5.09. The number of carbonyl (C=O) groups excluding carboxylic acids is 2. The van der Waals surface area contributed by atoms with Gasteiger partial charge >= 0.3 is 0 Å². The van der Waals surface area contributed by atoms with Gasteiger partial charge in [0.15, 0.2) is 11.6 Å². The Labute approximate surface area is 171 Å². The number of benzene rings is 1. The minimum absolute atomic E-state index is 0.0552. The highest BCUT2D eigenvalue weighted by atomic mass is 16.3. The molecule has 0 aliphatic rings. The average Bonchev–Trinajstić information content (AvgIpc) is 3.13. The Morgan fingerprint density at radius 1 is 1.24 bits per heavy atom. The summed E-state index contributed by atoms with van der Waals surface area (Å²) in [6.45, 7) is 8.51. The van der Waals surface area contributed by atoms with E-state index in [1.54, 1.807) is 24.6 Å². The van der Waals surface area contributed by atoms with Crippen LogP contribution in [0.3, 0.4) is 0 Å². The molecule has 0 aliphatic carbocycles. The SMILES string of the molecule is CC[C@H](N[C@H](O)C(C)(C)N)C(=O)Nc1cn(C(C)(C(C)=O)c2ccccc2)cn1. The Balaban J connectivity index is 2.20. The third-order valence-corrected chi connectivity index (χ3v) is 5.16. The summed E-state index contributed by atoms with van der Waals surface area (Å²) in [5.41, 5.74) is 4.86. The fraction of sp³-hybridized carbons (Fsp3) is 0.476. The second-order valence-corrected chi connectivity index (χ2v) is 8.00. The van der Waals surface area contributed by atoms with Gasteiger partial charge in [0.05, 0.1) is 12.4 Å². The van der Waals surface area contributed by atoms with Gasteiger partial charge < -0.3 is 20.7 Å². The highest BCUT2D eigenvalue weighted by Crippen LogP contribution is 2.28. The van der Waals surface area contributed by atoms with Crippen molar-refractivity contribution in [3.63, 3.8) is 0 Å². The average molecular weight is 402 g/mol. The summed E-state index contributed by atoms with van der Waals surface area (Å²) in [5, 5.41) is 15.7. The molecule has 2 aromatic rings. The van der Waals surface area contributed by atoms with Crippen molar-refractivity contribution in [2.75, 3.05) is 5.32 Å². The number of aliphatic hydroxyl groups excluding tert-OH is 1. The maximum Gasteiger partial charge on any atom is 0.242 e. The third-order valence-electron chi connectivity index (χ3n) is 5.16. The van der Waals surface area contributed by atoms with Crippen LogP contribution in [0.2, 0.25) is 0 Å². The molecule has 2 rings (SSSR count). The molecule has 0 saturated carbocycles. The minimum atomic E-state index is -1.05. The number of aromatic nitrogens is 2. The lowest BCUT2D eigenvalue weighted by molar-refractivity contribution is -0.123. The van der Waals surface area contributed by atoms with Crippen LogP contribution >= 0.6 is 0 Å². The number of aliphatic hydroxyl groups is 1. The number of hydrogen-bond acceptors (Lipinski definition) is 6. The normalized spacial score (nSPS) is 16.0. The van der Waals surface area contributed by atoms with Crippen LogP contribution in [-0.4, -0.2) is 44.2 Å². The van der Waals surface area contributed by atoms with Gasteiger partial charge in [-0.25, -0.2) is 4.98 Å². The van der Waals surface area contributed by atoms with E-state index >= 15 is 0 Å². The van der Waals surface area contributed by atoms with Crippen molar-refractivity contribution >= 4 is 17.5 Å². The van der Waals surface area contributed by atoms with Crippen molar-refractivity contribution in [1.29, 1.82) is 0 Å². The molecule has 0 aliphatic heterocycles. The topological polar surface area (TPSA) is 122 Å². The summed E-state index contributed by atoms with van der Waals surface area (Å²) >= 11 is 0. The van der Waals surface area contributed by atoms with Gasteiger partial charge in [-0.3, -0.25) is 14.9 Å². The molecular formula is C21H31N5O3. The number of nitrogens with two attached hydrogens (primary N) is 1. The molecule has 0 saturated heterocycles. The second-order valence-electron chi connectivity index (χ2n) is 8.00. The Hall–Kier alpha value is -2.55. The Morgan fingerprint density at radius 3 is 2.38 bits per heavy atom.